The van der Waals surface area contributed by atoms with Gasteiger partial charge in [0.1, 0.15) is 0 Å². The maximum atomic E-state index is 12.6. The summed E-state index contributed by atoms with van der Waals surface area (Å²) in [4.78, 5) is 21.6. The average Bonchev–Trinajstić information content (AvgIpc) is 3.25. The van der Waals surface area contributed by atoms with Crippen LogP contribution in [0.2, 0.25) is 0 Å². The van der Waals surface area contributed by atoms with E-state index in [0.717, 1.165) is 30.7 Å². The van der Waals surface area contributed by atoms with Crippen molar-refractivity contribution in [2.24, 2.45) is 0 Å². The first-order valence-electron chi connectivity index (χ1n) is 9.64. The summed E-state index contributed by atoms with van der Waals surface area (Å²) < 4.78 is 16.3. The zero-order chi connectivity index (χ0) is 19.5. The number of anilines is 1. The molecule has 0 amide bonds. The van der Waals surface area contributed by atoms with Crippen molar-refractivity contribution in [1.82, 2.24) is 9.97 Å². The Bertz CT molecular complexity index is 865. The van der Waals surface area contributed by atoms with Crippen LogP contribution >= 0.6 is 0 Å². The van der Waals surface area contributed by atoms with Crippen LogP contribution in [0.5, 0.6) is 11.5 Å². The van der Waals surface area contributed by atoms with Gasteiger partial charge in [0.05, 0.1) is 31.6 Å². The van der Waals surface area contributed by atoms with Crippen molar-refractivity contribution < 1.29 is 19.0 Å². The van der Waals surface area contributed by atoms with E-state index in [1.165, 1.54) is 0 Å². The van der Waals surface area contributed by atoms with Crippen LogP contribution in [-0.2, 0) is 11.2 Å². The van der Waals surface area contributed by atoms with E-state index in [2.05, 4.69) is 15.3 Å². The molecule has 2 atom stereocenters. The number of nitrogens with zero attached hydrogens (tertiary/aromatic N) is 2. The maximum Gasteiger partial charge on any atom is 0.222 e. The van der Waals surface area contributed by atoms with E-state index < -0.39 is 0 Å². The highest BCUT2D eigenvalue weighted by molar-refractivity contribution is 5.98. The number of carbonyl (C=O) groups excluding carboxylic acids is 1. The van der Waals surface area contributed by atoms with Crippen LogP contribution in [-0.4, -0.2) is 49.2 Å². The Balaban J connectivity index is 1.53. The van der Waals surface area contributed by atoms with Gasteiger partial charge in [0, 0.05) is 25.8 Å². The summed E-state index contributed by atoms with van der Waals surface area (Å²) in [5.74, 6) is 2.03. The van der Waals surface area contributed by atoms with Crippen LogP contribution in [0.3, 0.4) is 0 Å². The lowest BCUT2D eigenvalue weighted by Crippen LogP contribution is -2.23. The van der Waals surface area contributed by atoms with Gasteiger partial charge in [0.25, 0.3) is 0 Å². The molecule has 1 aromatic heterocycles. The molecule has 2 heterocycles. The lowest BCUT2D eigenvalue weighted by atomic mass is 9.82. The third-order valence-electron chi connectivity index (χ3n) is 5.43. The number of carbonyl (C=O) groups is 1. The zero-order valence-corrected chi connectivity index (χ0v) is 16.2. The molecule has 1 saturated heterocycles. The molecule has 1 aromatic carbocycles. The SMILES string of the molecule is COc1ccc([C@@H]2CC(=O)c3cnc(NC[C@H]4CCCO4)nc3C2)cc1OC. The first-order chi connectivity index (χ1) is 13.7. The van der Waals surface area contributed by atoms with Gasteiger partial charge >= 0.3 is 0 Å². The fourth-order valence-corrected chi connectivity index (χ4v) is 3.88. The van der Waals surface area contributed by atoms with Gasteiger partial charge in [0.15, 0.2) is 17.3 Å². The summed E-state index contributed by atoms with van der Waals surface area (Å²) in [6.07, 6.45) is 5.13. The van der Waals surface area contributed by atoms with E-state index in [1.54, 1.807) is 20.4 Å². The fourth-order valence-electron chi connectivity index (χ4n) is 3.88. The Labute approximate surface area is 164 Å². The molecule has 1 fully saturated rings. The molecule has 0 unspecified atom stereocenters. The largest absolute Gasteiger partial charge is 0.493 e. The molecular formula is C21H25N3O4. The van der Waals surface area contributed by atoms with Gasteiger partial charge in [-0.15, -0.1) is 0 Å². The van der Waals surface area contributed by atoms with Crippen molar-refractivity contribution in [2.45, 2.75) is 37.7 Å². The number of Topliss-reactive ketones (excluding diaryl/α,β-unsaturated/α-hetero) is 1. The highest BCUT2D eigenvalue weighted by atomic mass is 16.5. The van der Waals surface area contributed by atoms with Gasteiger partial charge in [-0.05, 0) is 42.9 Å². The molecule has 0 radical (unpaired) electrons. The first-order valence-corrected chi connectivity index (χ1v) is 9.64. The Kier molecular flexibility index (Phi) is 5.43. The molecule has 1 N–H and O–H groups in total. The Hall–Kier alpha value is -2.67. The van der Waals surface area contributed by atoms with Crippen molar-refractivity contribution in [3.63, 3.8) is 0 Å². The second-order valence-corrected chi connectivity index (χ2v) is 7.21. The van der Waals surface area contributed by atoms with Crippen LogP contribution in [0, 0.1) is 0 Å². The second kappa shape index (κ2) is 8.14. The summed E-state index contributed by atoms with van der Waals surface area (Å²) >= 11 is 0. The van der Waals surface area contributed by atoms with E-state index in [1.807, 2.05) is 18.2 Å². The molecule has 0 bridgehead atoms. The van der Waals surface area contributed by atoms with Crippen molar-refractivity contribution in [2.75, 3.05) is 32.7 Å². The zero-order valence-electron chi connectivity index (χ0n) is 16.2. The number of hydrogen-bond donors (Lipinski definition) is 1. The van der Waals surface area contributed by atoms with Crippen molar-refractivity contribution >= 4 is 11.7 Å². The number of ether oxygens (including phenoxy) is 3. The van der Waals surface area contributed by atoms with Crippen molar-refractivity contribution in [3.8, 4) is 11.5 Å². The van der Waals surface area contributed by atoms with Crippen molar-refractivity contribution in [1.29, 1.82) is 0 Å². The molecule has 2 aliphatic rings. The summed E-state index contributed by atoms with van der Waals surface area (Å²) in [6.45, 7) is 1.50. The number of methoxy groups -OCH3 is 2. The molecular weight excluding hydrogens is 358 g/mol. The highest BCUT2D eigenvalue weighted by Gasteiger charge is 2.29. The minimum atomic E-state index is 0.0562. The number of hydrogen-bond acceptors (Lipinski definition) is 7. The van der Waals surface area contributed by atoms with Crippen LogP contribution < -0.4 is 14.8 Å². The Morgan fingerprint density at radius 1 is 1.21 bits per heavy atom. The Morgan fingerprint density at radius 2 is 2.07 bits per heavy atom. The van der Waals surface area contributed by atoms with Gasteiger partial charge in [-0.2, -0.15) is 0 Å². The summed E-state index contributed by atoms with van der Waals surface area (Å²) in [7, 11) is 3.22. The number of aromatic nitrogens is 2. The van der Waals surface area contributed by atoms with Crippen LogP contribution in [0.4, 0.5) is 5.95 Å². The van der Waals surface area contributed by atoms with E-state index >= 15 is 0 Å². The predicted octanol–water partition coefficient (Wildman–Crippen LogP) is 3.00. The second-order valence-electron chi connectivity index (χ2n) is 7.21. The smallest absolute Gasteiger partial charge is 0.222 e. The van der Waals surface area contributed by atoms with Gasteiger partial charge in [0.2, 0.25) is 5.95 Å². The van der Waals surface area contributed by atoms with Gasteiger partial charge in [-0.3, -0.25) is 4.79 Å². The van der Waals surface area contributed by atoms with Crippen LogP contribution in [0.1, 0.15) is 46.8 Å². The fraction of sp³-hybridized carbons (Fsp3) is 0.476. The summed E-state index contributed by atoms with van der Waals surface area (Å²) in [6, 6.07) is 5.81. The lowest BCUT2D eigenvalue weighted by Gasteiger charge is -2.24. The van der Waals surface area contributed by atoms with Crippen molar-refractivity contribution in [3.05, 3.63) is 41.2 Å². The average molecular weight is 383 g/mol. The maximum absolute atomic E-state index is 12.6. The molecule has 7 heteroatoms. The molecule has 7 nitrogen and oxygen atoms in total. The molecule has 148 valence electrons. The van der Waals surface area contributed by atoms with Crippen LogP contribution in [0.15, 0.2) is 24.4 Å². The number of nitrogens with one attached hydrogen (secondary N) is 1. The molecule has 0 spiro atoms. The summed E-state index contributed by atoms with van der Waals surface area (Å²) in [5.41, 5.74) is 2.46. The van der Waals surface area contributed by atoms with Gasteiger partial charge in [-0.25, -0.2) is 9.97 Å². The topological polar surface area (TPSA) is 82.6 Å². The molecule has 28 heavy (non-hydrogen) atoms. The molecule has 4 rings (SSSR count). The molecule has 1 aliphatic heterocycles. The minimum Gasteiger partial charge on any atom is -0.493 e. The molecule has 0 saturated carbocycles. The lowest BCUT2D eigenvalue weighted by molar-refractivity contribution is 0.0962. The quantitative estimate of drug-likeness (QED) is 0.821. The normalized spacial score (nSPS) is 21.3. The van der Waals surface area contributed by atoms with E-state index in [9.17, 15) is 4.79 Å². The first kappa shape index (κ1) is 18.7. The Morgan fingerprint density at radius 3 is 2.82 bits per heavy atom. The monoisotopic (exact) mass is 383 g/mol. The number of ketones is 1. The van der Waals surface area contributed by atoms with Crippen LogP contribution in [0.25, 0.3) is 0 Å². The highest BCUT2D eigenvalue weighted by Crippen LogP contribution is 2.36. The standard InChI is InChI=1S/C21H25N3O4/c1-26-19-6-5-13(10-20(19)27-2)14-8-17-16(18(25)9-14)12-23-21(24-17)22-11-15-4-3-7-28-15/h5-6,10,12,14-15H,3-4,7-9,11H2,1-2H3,(H,22,23,24)/t14-,15+/m0/s1. The number of benzene rings is 1. The minimum absolute atomic E-state index is 0.0562. The van der Waals surface area contributed by atoms with E-state index in [0.29, 0.717) is 42.4 Å². The third-order valence-corrected chi connectivity index (χ3v) is 5.43. The third kappa shape index (κ3) is 3.80. The number of rotatable bonds is 6. The predicted molar refractivity (Wildman–Crippen MR) is 104 cm³/mol. The molecule has 2 aromatic rings. The van der Waals surface area contributed by atoms with Gasteiger partial charge < -0.3 is 19.5 Å². The molecule has 1 aliphatic carbocycles. The summed E-state index contributed by atoms with van der Waals surface area (Å²) in [5, 5.41) is 3.24. The van der Waals surface area contributed by atoms with Gasteiger partial charge in [-0.1, -0.05) is 6.07 Å². The number of fused-ring (bicyclic) bond motifs is 1. The van der Waals surface area contributed by atoms with E-state index in [4.69, 9.17) is 14.2 Å². The van der Waals surface area contributed by atoms with E-state index in [-0.39, 0.29) is 17.8 Å².